The standard InChI is InChI=1S/C7H8N2O2/c1-11-6-3-9-2-5(4-10)7(6)8/h2-4H,1H3,(H2,8,9). The lowest BCUT2D eigenvalue weighted by atomic mass is 10.2. The van der Waals surface area contributed by atoms with E-state index in [9.17, 15) is 4.79 Å². The summed E-state index contributed by atoms with van der Waals surface area (Å²) in [5.41, 5.74) is 6.19. The van der Waals surface area contributed by atoms with Gasteiger partial charge in [0.1, 0.15) is 0 Å². The molecule has 4 heteroatoms. The van der Waals surface area contributed by atoms with Crippen LogP contribution in [0.15, 0.2) is 12.4 Å². The van der Waals surface area contributed by atoms with E-state index in [1.807, 2.05) is 0 Å². The first-order valence-electron chi connectivity index (χ1n) is 3.02. The quantitative estimate of drug-likeness (QED) is 0.626. The Morgan fingerprint density at radius 1 is 1.64 bits per heavy atom. The highest BCUT2D eigenvalue weighted by Crippen LogP contribution is 2.21. The Kier molecular flexibility index (Phi) is 2.06. The van der Waals surface area contributed by atoms with Crippen molar-refractivity contribution in [2.24, 2.45) is 0 Å². The maximum Gasteiger partial charge on any atom is 0.160 e. The largest absolute Gasteiger partial charge is 0.493 e. The molecule has 0 aliphatic carbocycles. The van der Waals surface area contributed by atoms with E-state index in [0.717, 1.165) is 0 Å². The number of hydrogen-bond donors (Lipinski definition) is 1. The molecule has 1 heterocycles. The summed E-state index contributed by atoms with van der Waals surface area (Å²) in [6, 6.07) is 0. The van der Waals surface area contributed by atoms with Crippen LogP contribution in [0, 0.1) is 0 Å². The summed E-state index contributed by atoms with van der Waals surface area (Å²) in [7, 11) is 1.47. The van der Waals surface area contributed by atoms with Crippen LogP contribution in [0.4, 0.5) is 5.69 Å². The van der Waals surface area contributed by atoms with Crippen molar-refractivity contribution in [1.29, 1.82) is 0 Å². The molecule has 4 nitrogen and oxygen atoms in total. The zero-order chi connectivity index (χ0) is 8.27. The Bertz CT molecular complexity index is 273. The number of aldehydes is 1. The maximum absolute atomic E-state index is 10.3. The molecule has 1 aromatic heterocycles. The summed E-state index contributed by atoms with van der Waals surface area (Å²) in [5.74, 6) is 0.426. The van der Waals surface area contributed by atoms with Gasteiger partial charge in [0.15, 0.2) is 12.0 Å². The molecule has 0 unspecified atom stereocenters. The molecule has 0 spiro atoms. The van der Waals surface area contributed by atoms with E-state index in [4.69, 9.17) is 10.5 Å². The molecule has 0 amide bonds. The zero-order valence-electron chi connectivity index (χ0n) is 6.07. The Morgan fingerprint density at radius 3 is 2.91 bits per heavy atom. The first-order valence-corrected chi connectivity index (χ1v) is 3.02. The minimum Gasteiger partial charge on any atom is -0.493 e. The number of carbonyl (C=O) groups excluding carboxylic acids is 1. The predicted octanol–water partition coefficient (Wildman–Crippen LogP) is 0.485. The highest BCUT2D eigenvalue weighted by Gasteiger charge is 2.03. The van der Waals surface area contributed by atoms with Gasteiger partial charge in [-0.25, -0.2) is 0 Å². The Balaban J connectivity index is 3.20. The summed E-state index contributed by atoms with van der Waals surface area (Å²) in [6.45, 7) is 0. The van der Waals surface area contributed by atoms with E-state index in [1.54, 1.807) is 0 Å². The van der Waals surface area contributed by atoms with Crippen LogP contribution in [0.3, 0.4) is 0 Å². The van der Waals surface area contributed by atoms with Gasteiger partial charge in [-0.1, -0.05) is 0 Å². The molecular formula is C7H8N2O2. The van der Waals surface area contributed by atoms with Crippen LogP contribution >= 0.6 is 0 Å². The highest BCUT2D eigenvalue weighted by molar-refractivity contribution is 5.84. The third kappa shape index (κ3) is 1.29. The fraction of sp³-hybridized carbons (Fsp3) is 0.143. The number of carbonyl (C=O) groups is 1. The van der Waals surface area contributed by atoms with Gasteiger partial charge in [-0.15, -0.1) is 0 Å². The van der Waals surface area contributed by atoms with Crippen molar-refractivity contribution in [2.75, 3.05) is 12.8 Å². The SMILES string of the molecule is COc1cncc(C=O)c1N. The summed E-state index contributed by atoms with van der Waals surface area (Å²) in [4.78, 5) is 14.1. The predicted molar refractivity (Wildman–Crippen MR) is 40.6 cm³/mol. The highest BCUT2D eigenvalue weighted by atomic mass is 16.5. The van der Waals surface area contributed by atoms with E-state index in [2.05, 4.69) is 4.98 Å². The van der Waals surface area contributed by atoms with E-state index < -0.39 is 0 Å². The summed E-state index contributed by atoms with van der Waals surface area (Å²) < 4.78 is 4.84. The maximum atomic E-state index is 10.3. The van der Waals surface area contributed by atoms with Gasteiger partial charge in [0.2, 0.25) is 0 Å². The van der Waals surface area contributed by atoms with Crippen molar-refractivity contribution >= 4 is 12.0 Å². The second-order valence-corrected chi connectivity index (χ2v) is 1.96. The van der Waals surface area contributed by atoms with Gasteiger partial charge in [0.25, 0.3) is 0 Å². The van der Waals surface area contributed by atoms with Crippen LogP contribution in [-0.2, 0) is 0 Å². The number of nitrogens with two attached hydrogens (primary N) is 1. The third-order valence-electron chi connectivity index (χ3n) is 1.33. The van der Waals surface area contributed by atoms with E-state index in [1.165, 1.54) is 19.5 Å². The smallest absolute Gasteiger partial charge is 0.160 e. The lowest BCUT2D eigenvalue weighted by molar-refractivity contribution is 0.112. The molecule has 11 heavy (non-hydrogen) atoms. The van der Waals surface area contributed by atoms with Crippen LogP contribution in [0.1, 0.15) is 10.4 Å². The second kappa shape index (κ2) is 3.01. The van der Waals surface area contributed by atoms with Crippen LogP contribution in [0.5, 0.6) is 5.75 Å². The molecule has 0 saturated heterocycles. The molecule has 0 saturated carbocycles. The molecule has 0 atom stereocenters. The number of anilines is 1. The molecule has 0 bridgehead atoms. The van der Waals surface area contributed by atoms with Gasteiger partial charge in [-0.05, 0) is 0 Å². The Morgan fingerprint density at radius 2 is 2.36 bits per heavy atom. The zero-order valence-corrected chi connectivity index (χ0v) is 6.07. The van der Waals surface area contributed by atoms with Crippen molar-refractivity contribution in [3.8, 4) is 5.75 Å². The van der Waals surface area contributed by atoms with Crippen LogP contribution < -0.4 is 10.5 Å². The molecule has 2 N–H and O–H groups in total. The van der Waals surface area contributed by atoms with Gasteiger partial charge in [0, 0.05) is 6.20 Å². The minimum absolute atomic E-state index is 0.331. The minimum atomic E-state index is 0.331. The lowest BCUT2D eigenvalue weighted by Crippen LogP contribution is -1.97. The topological polar surface area (TPSA) is 65.2 Å². The number of rotatable bonds is 2. The fourth-order valence-electron chi connectivity index (χ4n) is 0.723. The summed E-state index contributed by atoms with van der Waals surface area (Å²) in [5, 5.41) is 0. The monoisotopic (exact) mass is 152 g/mol. The molecule has 1 aromatic rings. The number of ether oxygens (including phenoxy) is 1. The van der Waals surface area contributed by atoms with Gasteiger partial charge in [0.05, 0.1) is 24.6 Å². The van der Waals surface area contributed by atoms with Crippen LogP contribution in [0.2, 0.25) is 0 Å². The molecular weight excluding hydrogens is 144 g/mol. The number of hydrogen-bond acceptors (Lipinski definition) is 4. The number of aromatic nitrogens is 1. The Labute approximate surface area is 64.0 Å². The van der Waals surface area contributed by atoms with Crippen molar-refractivity contribution in [2.45, 2.75) is 0 Å². The Hall–Kier alpha value is -1.58. The number of methoxy groups -OCH3 is 1. The van der Waals surface area contributed by atoms with Crippen molar-refractivity contribution < 1.29 is 9.53 Å². The number of pyridine rings is 1. The molecule has 1 rings (SSSR count). The molecule has 0 aliphatic heterocycles. The molecule has 0 aliphatic rings. The first-order chi connectivity index (χ1) is 5.29. The van der Waals surface area contributed by atoms with E-state index >= 15 is 0 Å². The average molecular weight is 152 g/mol. The fourth-order valence-corrected chi connectivity index (χ4v) is 0.723. The lowest BCUT2D eigenvalue weighted by Gasteiger charge is -2.03. The molecule has 0 radical (unpaired) electrons. The van der Waals surface area contributed by atoms with Gasteiger partial charge < -0.3 is 10.5 Å². The number of nitrogen functional groups attached to an aromatic ring is 1. The van der Waals surface area contributed by atoms with Gasteiger partial charge >= 0.3 is 0 Å². The van der Waals surface area contributed by atoms with E-state index in [-0.39, 0.29) is 0 Å². The van der Waals surface area contributed by atoms with Crippen LogP contribution in [-0.4, -0.2) is 18.4 Å². The van der Waals surface area contributed by atoms with Crippen molar-refractivity contribution in [3.63, 3.8) is 0 Å². The summed E-state index contributed by atoms with van der Waals surface area (Å²) >= 11 is 0. The van der Waals surface area contributed by atoms with Crippen LogP contribution in [0.25, 0.3) is 0 Å². The molecule has 0 aromatic carbocycles. The first kappa shape index (κ1) is 7.53. The second-order valence-electron chi connectivity index (χ2n) is 1.96. The average Bonchev–Trinajstić information content (AvgIpc) is 2.05. The molecule has 0 fully saturated rings. The number of nitrogens with zero attached hydrogens (tertiary/aromatic N) is 1. The van der Waals surface area contributed by atoms with Gasteiger partial charge in [-0.2, -0.15) is 0 Å². The van der Waals surface area contributed by atoms with Gasteiger partial charge in [-0.3, -0.25) is 9.78 Å². The summed E-state index contributed by atoms with van der Waals surface area (Å²) in [6.07, 6.45) is 3.50. The van der Waals surface area contributed by atoms with Crippen molar-refractivity contribution in [1.82, 2.24) is 4.98 Å². The molecule has 58 valence electrons. The van der Waals surface area contributed by atoms with E-state index in [0.29, 0.717) is 23.3 Å². The van der Waals surface area contributed by atoms with Crippen molar-refractivity contribution in [3.05, 3.63) is 18.0 Å². The normalized spacial score (nSPS) is 9.18. The third-order valence-corrected chi connectivity index (χ3v) is 1.33.